The highest BCUT2D eigenvalue weighted by Gasteiger charge is 2.37. The first kappa shape index (κ1) is 20.4. The van der Waals surface area contributed by atoms with Gasteiger partial charge in [0.1, 0.15) is 5.52 Å². The number of fused-ring (bicyclic) bond motifs is 3. The molecule has 0 aromatic carbocycles. The van der Waals surface area contributed by atoms with Crippen LogP contribution in [-0.2, 0) is 18.4 Å². The lowest BCUT2D eigenvalue weighted by Gasteiger charge is -2.43. The number of carbonyl (C=O) groups is 2. The number of hydrogen-bond donors (Lipinski definition) is 1. The molecule has 10 heteroatoms. The molecule has 10 nitrogen and oxygen atoms in total. The fraction of sp³-hybridized carbons (Fsp3) is 0.409. The van der Waals surface area contributed by atoms with E-state index in [1.807, 2.05) is 48.4 Å². The molecule has 0 aliphatic carbocycles. The lowest BCUT2D eigenvalue weighted by Crippen LogP contribution is -2.54. The highest BCUT2D eigenvalue weighted by atomic mass is 16.2. The number of anilines is 1. The fourth-order valence-corrected chi connectivity index (χ4v) is 4.69. The van der Waals surface area contributed by atoms with Crippen molar-refractivity contribution in [2.45, 2.75) is 25.4 Å². The molecule has 5 heterocycles. The van der Waals surface area contributed by atoms with Crippen molar-refractivity contribution in [2.24, 2.45) is 12.8 Å². The van der Waals surface area contributed by atoms with Crippen LogP contribution in [0.1, 0.15) is 18.4 Å². The van der Waals surface area contributed by atoms with Gasteiger partial charge in [-0.25, -0.2) is 9.78 Å². The third-order valence-corrected chi connectivity index (χ3v) is 6.25. The van der Waals surface area contributed by atoms with Gasteiger partial charge < -0.3 is 10.6 Å². The van der Waals surface area contributed by atoms with Crippen LogP contribution in [0.3, 0.4) is 0 Å². The third kappa shape index (κ3) is 3.56. The topological polar surface area (TPSA) is 113 Å². The van der Waals surface area contributed by atoms with Crippen LogP contribution in [0.5, 0.6) is 0 Å². The smallest absolute Gasteiger partial charge is 0.324 e. The fourth-order valence-electron chi connectivity index (χ4n) is 4.69. The molecule has 3 amide bonds. The second-order valence-electron chi connectivity index (χ2n) is 8.58. The SMILES string of the molecule is CN1Cc2cnc3ccc(-c4cnn(C)c4)nc3c2N(C2CCN(CC(N)=O)CC2)C1=O. The molecule has 3 aromatic heterocycles. The Bertz CT molecular complexity index is 1200. The van der Waals surface area contributed by atoms with Crippen LogP contribution in [0.25, 0.3) is 22.3 Å². The van der Waals surface area contributed by atoms with Gasteiger partial charge in [0.25, 0.3) is 0 Å². The van der Waals surface area contributed by atoms with E-state index in [0.29, 0.717) is 19.6 Å². The average Bonchev–Trinajstić information content (AvgIpc) is 3.21. The number of carbonyl (C=O) groups excluding carboxylic acids is 2. The molecule has 166 valence electrons. The van der Waals surface area contributed by atoms with Crippen molar-refractivity contribution < 1.29 is 9.59 Å². The number of pyridine rings is 2. The predicted molar refractivity (Wildman–Crippen MR) is 120 cm³/mol. The van der Waals surface area contributed by atoms with Gasteiger partial charge in [0.2, 0.25) is 5.91 Å². The van der Waals surface area contributed by atoms with Crippen molar-refractivity contribution in [1.29, 1.82) is 0 Å². The van der Waals surface area contributed by atoms with E-state index in [0.717, 1.165) is 46.4 Å². The standard InChI is InChI=1S/C22H26N8O2/c1-27-11-15-9-24-18-4-3-17(14-10-25-28(2)12-14)26-20(18)21(15)30(22(27)32)16-5-7-29(8-6-16)13-19(23)31/h3-4,9-10,12,16H,5-8,11,13H2,1-2H3,(H2,23,31). The molecule has 0 atom stereocenters. The summed E-state index contributed by atoms with van der Waals surface area (Å²) in [4.78, 5) is 39.8. The zero-order valence-electron chi connectivity index (χ0n) is 18.2. The number of urea groups is 1. The number of nitrogens with two attached hydrogens (primary N) is 1. The Morgan fingerprint density at radius 1 is 1.19 bits per heavy atom. The number of aromatic nitrogens is 4. The molecule has 0 unspecified atom stereocenters. The van der Waals surface area contributed by atoms with Gasteiger partial charge >= 0.3 is 6.03 Å². The first-order chi connectivity index (χ1) is 15.4. The molecule has 5 rings (SSSR count). The molecule has 3 aromatic rings. The third-order valence-electron chi connectivity index (χ3n) is 6.25. The van der Waals surface area contributed by atoms with Gasteiger partial charge in [0.15, 0.2) is 0 Å². The first-order valence-corrected chi connectivity index (χ1v) is 10.7. The minimum Gasteiger partial charge on any atom is -0.369 e. The Hall–Kier alpha value is -3.53. The second kappa shape index (κ2) is 7.86. The molecule has 0 spiro atoms. The summed E-state index contributed by atoms with van der Waals surface area (Å²) in [6.07, 6.45) is 7.07. The van der Waals surface area contributed by atoms with Crippen molar-refractivity contribution in [2.75, 3.05) is 31.6 Å². The summed E-state index contributed by atoms with van der Waals surface area (Å²) in [7, 11) is 3.68. The van der Waals surface area contributed by atoms with Crippen LogP contribution in [0, 0.1) is 0 Å². The van der Waals surface area contributed by atoms with Gasteiger partial charge in [-0.1, -0.05) is 0 Å². The average molecular weight is 435 g/mol. The quantitative estimate of drug-likeness (QED) is 0.663. The lowest BCUT2D eigenvalue weighted by molar-refractivity contribution is -0.119. The van der Waals surface area contributed by atoms with E-state index in [4.69, 9.17) is 10.7 Å². The summed E-state index contributed by atoms with van der Waals surface area (Å²) in [5.41, 5.74) is 10.4. The summed E-state index contributed by atoms with van der Waals surface area (Å²) in [5, 5.41) is 4.25. The zero-order chi connectivity index (χ0) is 22.4. The van der Waals surface area contributed by atoms with E-state index in [1.165, 1.54) is 0 Å². The largest absolute Gasteiger partial charge is 0.369 e. The summed E-state index contributed by atoms with van der Waals surface area (Å²) in [6, 6.07) is 3.86. The van der Waals surface area contributed by atoms with Gasteiger partial charge in [-0.15, -0.1) is 0 Å². The Balaban J connectivity index is 1.57. The van der Waals surface area contributed by atoms with Gasteiger partial charge in [-0.05, 0) is 25.0 Å². The van der Waals surface area contributed by atoms with Crippen LogP contribution in [0.15, 0.2) is 30.7 Å². The molecule has 1 fully saturated rings. The minimum absolute atomic E-state index is 0.0163. The minimum atomic E-state index is -0.327. The van der Waals surface area contributed by atoms with Crippen molar-refractivity contribution in [3.63, 3.8) is 0 Å². The summed E-state index contributed by atoms with van der Waals surface area (Å²) in [6.45, 7) is 2.18. The second-order valence-corrected chi connectivity index (χ2v) is 8.58. The number of primary amides is 1. The van der Waals surface area contributed by atoms with Crippen molar-refractivity contribution >= 4 is 28.7 Å². The van der Waals surface area contributed by atoms with Crippen molar-refractivity contribution in [3.8, 4) is 11.3 Å². The Morgan fingerprint density at radius 2 is 1.97 bits per heavy atom. The van der Waals surface area contributed by atoms with Crippen LogP contribution < -0.4 is 10.6 Å². The Kier molecular flexibility index (Phi) is 5.01. The van der Waals surface area contributed by atoms with Gasteiger partial charge in [0.05, 0.1) is 36.2 Å². The van der Waals surface area contributed by atoms with Gasteiger partial charge in [0, 0.05) is 56.7 Å². The maximum atomic E-state index is 13.4. The van der Waals surface area contributed by atoms with E-state index in [1.54, 1.807) is 15.8 Å². The maximum absolute atomic E-state index is 13.4. The molecular weight excluding hydrogens is 408 g/mol. The first-order valence-electron chi connectivity index (χ1n) is 10.7. The maximum Gasteiger partial charge on any atom is 0.324 e. The molecule has 1 saturated heterocycles. The van der Waals surface area contributed by atoms with E-state index in [2.05, 4.69) is 10.1 Å². The molecule has 2 aliphatic heterocycles. The number of piperidine rings is 1. The van der Waals surface area contributed by atoms with Crippen LogP contribution in [0.4, 0.5) is 10.5 Å². The van der Waals surface area contributed by atoms with E-state index in [-0.39, 0.29) is 24.5 Å². The Labute approximate surface area is 185 Å². The number of hydrogen-bond acceptors (Lipinski definition) is 6. The molecule has 0 radical (unpaired) electrons. The van der Waals surface area contributed by atoms with E-state index in [9.17, 15) is 9.59 Å². The molecule has 2 aliphatic rings. The molecule has 32 heavy (non-hydrogen) atoms. The summed E-state index contributed by atoms with van der Waals surface area (Å²) in [5.74, 6) is -0.327. The highest BCUT2D eigenvalue weighted by Crippen LogP contribution is 2.37. The lowest BCUT2D eigenvalue weighted by atomic mass is 9.99. The number of amides is 3. The summed E-state index contributed by atoms with van der Waals surface area (Å²) < 4.78 is 1.74. The van der Waals surface area contributed by atoms with Crippen LogP contribution in [0.2, 0.25) is 0 Å². The molecular formula is C22H26N8O2. The molecule has 2 N–H and O–H groups in total. The normalized spacial score (nSPS) is 17.8. The highest BCUT2D eigenvalue weighted by molar-refractivity contribution is 6.04. The van der Waals surface area contributed by atoms with Gasteiger partial charge in [-0.3, -0.25) is 24.3 Å². The number of aryl methyl sites for hydroxylation is 1. The molecule has 0 saturated carbocycles. The van der Waals surface area contributed by atoms with Crippen molar-refractivity contribution in [1.82, 2.24) is 29.5 Å². The van der Waals surface area contributed by atoms with E-state index >= 15 is 0 Å². The monoisotopic (exact) mass is 434 g/mol. The number of nitrogens with zero attached hydrogens (tertiary/aromatic N) is 7. The van der Waals surface area contributed by atoms with E-state index < -0.39 is 0 Å². The molecule has 0 bridgehead atoms. The van der Waals surface area contributed by atoms with Crippen molar-refractivity contribution in [3.05, 3.63) is 36.3 Å². The summed E-state index contributed by atoms with van der Waals surface area (Å²) >= 11 is 0. The predicted octanol–water partition coefficient (Wildman–Crippen LogP) is 1.35. The van der Waals surface area contributed by atoms with Crippen LogP contribution in [-0.4, -0.2) is 74.2 Å². The zero-order valence-corrected chi connectivity index (χ0v) is 18.2. The van der Waals surface area contributed by atoms with Gasteiger partial charge in [-0.2, -0.15) is 5.10 Å². The van der Waals surface area contributed by atoms with Crippen LogP contribution >= 0.6 is 0 Å². The number of likely N-dealkylation sites (tertiary alicyclic amines) is 1. The Morgan fingerprint density at radius 3 is 2.66 bits per heavy atom. The number of rotatable bonds is 4.